The van der Waals surface area contributed by atoms with Crippen molar-refractivity contribution >= 4 is 17.9 Å². The molecule has 0 amide bonds. The minimum Gasteiger partial charge on any atom is -0.477 e. The Labute approximate surface area is 548 Å². The van der Waals surface area contributed by atoms with Gasteiger partial charge in [0.05, 0.1) is 34.4 Å². The fourth-order valence-electron chi connectivity index (χ4n) is 10.1. The van der Waals surface area contributed by atoms with Gasteiger partial charge in [0.15, 0.2) is 6.10 Å². The van der Waals surface area contributed by atoms with Crippen molar-refractivity contribution in [2.75, 3.05) is 47.5 Å². The number of carboxylic acids is 1. The van der Waals surface area contributed by atoms with Gasteiger partial charge >= 0.3 is 17.9 Å². The number of likely N-dealkylation sites (N-methyl/N-ethyl adjacent to an activating group) is 1. The maximum atomic E-state index is 13.0. The van der Waals surface area contributed by atoms with E-state index >= 15 is 0 Å². The van der Waals surface area contributed by atoms with E-state index in [1.807, 2.05) is 21.1 Å². The highest BCUT2D eigenvalue weighted by Crippen LogP contribution is 2.17. The van der Waals surface area contributed by atoms with Crippen LogP contribution in [0.2, 0.25) is 0 Å². The van der Waals surface area contributed by atoms with Gasteiger partial charge in [0.25, 0.3) is 6.29 Å². The van der Waals surface area contributed by atoms with Crippen LogP contribution in [0.1, 0.15) is 309 Å². The number of allylic oxidation sites excluding steroid dienone is 20. The molecule has 9 heteroatoms. The maximum absolute atomic E-state index is 13.0. The van der Waals surface area contributed by atoms with E-state index in [0.717, 1.165) is 103 Å². The van der Waals surface area contributed by atoms with Crippen LogP contribution in [0.15, 0.2) is 122 Å². The van der Waals surface area contributed by atoms with E-state index in [9.17, 15) is 19.5 Å². The van der Waals surface area contributed by atoms with Crippen LogP contribution >= 0.6 is 0 Å². The molecular weight excluding hydrogens is 1100 g/mol. The number of hydrogen-bond acceptors (Lipinski definition) is 7. The summed E-state index contributed by atoms with van der Waals surface area (Å²) in [6.45, 7) is 4.78. The number of carboxylic acid groups (broad SMARTS) is 1. The topological polar surface area (TPSA) is 108 Å². The van der Waals surface area contributed by atoms with E-state index in [2.05, 4.69) is 135 Å². The van der Waals surface area contributed by atoms with E-state index < -0.39 is 24.3 Å². The standard InChI is InChI=1S/C80H137NO8/c1-6-8-10-12-14-16-18-20-22-24-26-28-30-32-33-34-35-36-37-38-39-40-41-42-43-44-45-47-49-51-53-55-57-59-61-63-65-67-69-71-78(83)89-76(75-88-80(79(84)85)86-73-72-81(3,4)5)74-87-77(82)70-68-66-64-62-60-58-56-54-52-50-48-46-31-29-27-25-23-21-19-17-15-13-11-9-7-2/h8,10,14,16,20,22,25-28,32-33,35-36,38-39,41-42,44-45,76,80H,6-7,9,11-13,15,17-19,21,23-24,29-31,34,37,40,43,46-75H2,1-5H3/p+1/b10-8-,16-14-,22-20-,27-25-,28-26-,33-32-,36-35-,39-38-,42-41-,45-44-. The average Bonchev–Trinajstić information content (AvgIpc) is 3.64. The van der Waals surface area contributed by atoms with Gasteiger partial charge in [-0.15, -0.1) is 0 Å². The molecule has 0 bridgehead atoms. The van der Waals surface area contributed by atoms with Crippen LogP contribution in [0.25, 0.3) is 0 Å². The van der Waals surface area contributed by atoms with Crippen LogP contribution < -0.4 is 0 Å². The first-order valence-corrected chi connectivity index (χ1v) is 36.7. The summed E-state index contributed by atoms with van der Waals surface area (Å²) in [4.78, 5) is 37.7. The minimum absolute atomic E-state index is 0.183. The Hall–Kier alpha value is -4.31. The van der Waals surface area contributed by atoms with Crippen LogP contribution in [0.4, 0.5) is 0 Å². The lowest BCUT2D eigenvalue weighted by molar-refractivity contribution is -0.870. The van der Waals surface area contributed by atoms with Crippen molar-refractivity contribution in [3.8, 4) is 0 Å². The Kier molecular flexibility index (Phi) is 66.2. The monoisotopic (exact) mass is 1240 g/mol. The SMILES string of the molecule is CC/C=C\C/C=C\C/C=C\C/C=C\C/C=C\C/C=C\C/C=C\C/C=C\C/C=C\CCCCCCCCCCCCCC(=O)OC(COC(=O)CCCCCCCCCCCCCCC/C=C\CCCCCCCCCC)COC(OCC[N+](C)(C)C)C(=O)O. The van der Waals surface area contributed by atoms with Gasteiger partial charge in [-0.3, -0.25) is 9.59 Å². The number of esters is 2. The first kappa shape index (κ1) is 84.7. The zero-order valence-corrected chi connectivity index (χ0v) is 58.3. The fraction of sp³-hybridized carbons (Fsp3) is 0.713. The molecule has 0 aliphatic carbocycles. The molecule has 0 spiro atoms. The third kappa shape index (κ3) is 71.0. The molecule has 0 aliphatic heterocycles. The molecule has 0 aromatic heterocycles. The van der Waals surface area contributed by atoms with Gasteiger partial charge in [0, 0.05) is 12.8 Å². The van der Waals surface area contributed by atoms with E-state index in [1.165, 1.54) is 173 Å². The van der Waals surface area contributed by atoms with Crippen molar-refractivity contribution in [3.05, 3.63) is 122 Å². The molecule has 9 nitrogen and oxygen atoms in total. The van der Waals surface area contributed by atoms with Crippen LogP contribution in [-0.4, -0.2) is 87.4 Å². The molecule has 0 rings (SSSR count). The van der Waals surface area contributed by atoms with Gasteiger partial charge < -0.3 is 28.5 Å². The smallest absolute Gasteiger partial charge is 0.361 e. The first-order chi connectivity index (χ1) is 43.6. The molecule has 510 valence electrons. The zero-order valence-electron chi connectivity index (χ0n) is 58.3. The first-order valence-electron chi connectivity index (χ1n) is 36.7. The number of aliphatic carboxylic acids is 1. The van der Waals surface area contributed by atoms with Crippen molar-refractivity contribution in [2.45, 2.75) is 322 Å². The number of hydrogen-bond donors (Lipinski definition) is 1. The van der Waals surface area contributed by atoms with Crippen molar-refractivity contribution in [1.82, 2.24) is 0 Å². The van der Waals surface area contributed by atoms with Gasteiger partial charge in [-0.25, -0.2) is 4.79 Å². The molecule has 0 radical (unpaired) electrons. The van der Waals surface area contributed by atoms with Gasteiger partial charge in [-0.05, 0) is 109 Å². The quantitative estimate of drug-likeness (QED) is 0.0211. The third-order valence-corrected chi connectivity index (χ3v) is 15.7. The highest BCUT2D eigenvalue weighted by molar-refractivity contribution is 5.71. The van der Waals surface area contributed by atoms with Crippen LogP contribution in [0.3, 0.4) is 0 Å². The van der Waals surface area contributed by atoms with Gasteiger partial charge in [0.2, 0.25) is 0 Å². The summed E-state index contributed by atoms with van der Waals surface area (Å²) in [5.74, 6) is -2.00. The van der Waals surface area contributed by atoms with E-state index in [0.29, 0.717) is 23.9 Å². The number of unbranched alkanes of at least 4 members (excludes halogenated alkanes) is 32. The van der Waals surface area contributed by atoms with Gasteiger partial charge in [-0.2, -0.15) is 0 Å². The lowest BCUT2D eigenvalue weighted by Gasteiger charge is -2.25. The highest BCUT2D eigenvalue weighted by atomic mass is 16.7. The Bertz CT molecular complexity index is 1880. The van der Waals surface area contributed by atoms with Gasteiger partial charge in [0.1, 0.15) is 13.2 Å². The fourth-order valence-corrected chi connectivity index (χ4v) is 10.1. The summed E-state index contributed by atoms with van der Waals surface area (Å²) >= 11 is 0. The Balaban J connectivity index is 4.12. The van der Waals surface area contributed by atoms with Crippen molar-refractivity contribution in [3.63, 3.8) is 0 Å². The molecule has 0 aromatic rings. The van der Waals surface area contributed by atoms with E-state index in [1.54, 1.807) is 0 Å². The molecule has 2 unspecified atom stereocenters. The number of ether oxygens (including phenoxy) is 4. The number of quaternary nitrogens is 1. The second-order valence-corrected chi connectivity index (χ2v) is 25.5. The third-order valence-electron chi connectivity index (χ3n) is 15.7. The normalized spacial score (nSPS) is 13.4. The second-order valence-electron chi connectivity index (χ2n) is 25.5. The number of carbonyl (C=O) groups is 3. The Morgan fingerprint density at radius 1 is 0.348 bits per heavy atom. The molecule has 0 heterocycles. The lowest BCUT2D eigenvalue weighted by atomic mass is 10.0. The second kappa shape index (κ2) is 69.6. The summed E-state index contributed by atoms with van der Waals surface area (Å²) in [5, 5.41) is 9.75. The molecule has 0 saturated carbocycles. The van der Waals surface area contributed by atoms with Crippen LogP contribution in [-0.2, 0) is 33.3 Å². The predicted molar refractivity (Wildman–Crippen MR) is 382 cm³/mol. The van der Waals surface area contributed by atoms with E-state index in [4.69, 9.17) is 18.9 Å². The summed E-state index contributed by atoms with van der Waals surface area (Å²) in [7, 11) is 5.98. The summed E-state index contributed by atoms with van der Waals surface area (Å²) in [5.41, 5.74) is 0. The molecule has 0 aromatic carbocycles. The molecular formula is C80H138NO8+. The van der Waals surface area contributed by atoms with Crippen molar-refractivity contribution < 1.29 is 42.9 Å². The molecule has 1 N–H and O–H groups in total. The van der Waals surface area contributed by atoms with Crippen LogP contribution in [0, 0.1) is 0 Å². The Morgan fingerprint density at radius 3 is 0.966 bits per heavy atom. The number of nitrogens with zero attached hydrogens (tertiary/aromatic N) is 1. The number of carbonyl (C=O) groups excluding carboxylic acids is 2. The summed E-state index contributed by atoms with van der Waals surface area (Å²) in [6.07, 6.45) is 96.0. The van der Waals surface area contributed by atoms with E-state index in [-0.39, 0.29) is 32.2 Å². The molecule has 89 heavy (non-hydrogen) atoms. The van der Waals surface area contributed by atoms with Crippen molar-refractivity contribution in [1.29, 1.82) is 0 Å². The average molecular weight is 1240 g/mol. The molecule has 0 aliphatic rings. The molecule has 0 fully saturated rings. The molecule has 0 saturated heterocycles. The highest BCUT2D eigenvalue weighted by Gasteiger charge is 2.25. The summed E-state index contributed by atoms with van der Waals surface area (Å²) in [6, 6.07) is 0. The summed E-state index contributed by atoms with van der Waals surface area (Å²) < 4.78 is 23.0. The molecule has 2 atom stereocenters. The van der Waals surface area contributed by atoms with Gasteiger partial charge in [-0.1, -0.05) is 309 Å². The van der Waals surface area contributed by atoms with Crippen LogP contribution in [0.5, 0.6) is 0 Å². The van der Waals surface area contributed by atoms with Crippen molar-refractivity contribution in [2.24, 2.45) is 0 Å². The largest absolute Gasteiger partial charge is 0.477 e. The zero-order chi connectivity index (χ0) is 64.7. The Morgan fingerprint density at radius 2 is 0.640 bits per heavy atom. The number of rotatable bonds is 67. The maximum Gasteiger partial charge on any atom is 0.361 e. The lowest BCUT2D eigenvalue weighted by Crippen LogP contribution is -2.40. The minimum atomic E-state index is -1.52. The predicted octanol–water partition coefficient (Wildman–Crippen LogP) is 23.1.